The van der Waals surface area contributed by atoms with Crippen LogP contribution in [0.15, 0.2) is 24.3 Å². The number of ether oxygens (including phenoxy) is 1. The molecule has 2 heterocycles. The lowest BCUT2D eigenvalue weighted by Gasteiger charge is -2.37. The summed E-state index contributed by atoms with van der Waals surface area (Å²) in [5, 5.41) is 10.3. The summed E-state index contributed by atoms with van der Waals surface area (Å²) < 4.78 is 5.05. The number of amides is 2. The first-order chi connectivity index (χ1) is 11.5. The number of carbonyl (C=O) groups excluding carboxylic acids is 2. The van der Waals surface area contributed by atoms with Crippen LogP contribution in [0.5, 0.6) is 0 Å². The summed E-state index contributed by atoms with van der Waals surface area (Å²) in [7, 11) is 1.57. The minimum atomic E-state index is -0.828. The van der Waals surface area contributed by atoms with Crippen LogP contribution >= 0.6 is 0 Å². The van der Waals surface area contributed by atoms with Crippen molar-refractivity contribution in [2.24, 2.45) is 0 Å². The van der Waals surface area contributed by atoms with Gasteiger partial charge in [0.2, 0.25) is 5.91 Å². The van der Waals surface area contributed by atoms with Gasteiger partial charge < -0.3 is 19.6 Å². The molecule has 0 radical (unpaired) electrons. The van der Waals surface area contributed by atoms with E-state index in [9.17, 15) is 14.7 Å². The van der Waals surface area contributed by atoms with E-state index in [0.29, 0.717) is 44.5 Å². The highest BCUT2D eigenvalue weighted by Crippen LogP contribution is 2.25. The number of rotatable bonds is 4. The molecule has 2 amide bonds. The van der Waals surface area contributed by atoms with Gasteiger partial charge in [-0.1, -0.05) is 0 Å². The second-order valence-electron chi connectivity index (χ2n) is 6.65. The molecule has 0 spiro atoms. The van der Waals surface area contributed by atoms with Crippen molar-refractivity contribution in [1.29, 1.82) is 0 Å². The van der Waals surface area contributed by atoms with Crippen LogP contribution in [0.3, 0.4) is 0 Å². The summed E-state index contributed by atoms with van der Waals surface area (Å²) in [4.78, 5) is 27.9. The van der Waals surface area contributed by atoms with Crippen LogP contribution in [0.25, 0.3) is 0 Å². The fourth-order valence-electron chi connectivity index (χ4n) is 3.43. The molecule has 0 atom stereocenters. The van der Waals surface area contributed by atoms with Crippen molar-refractivity contribution >= 4 is 17.5 Å². The number of likely N-dealkylation sites (tertiary alicyclic amines) is 1. The lowest BCUT2D eigenvalue weighted by molar-refractivity contribution is -0.117. The van der Waals surface area contributed by atoms with Crippen LogP contribution in [0.4, 0.5) is 5.69 Å². The molecule has 0 bridgehead atoms. The number of hydrogen-bond acceptors (Lipinski definition) is 4. The third kappa shape index (κ3) is 3.44. The molecule has 3 rings (SSSR count). The second kappa shape index (κ2) is 6.91. The normalized spacial score (nSPS) is 20.5. The highest BCUT2D eigenvalue weighted by Gasteiger charge is 2.34. The maximum Gasteiger partial charge on any atom is 0.253 e. The molecule has 2 aliphatic heterocycles. The van der Waals surface area contributed by atoms with Gasteiger partial charge in [0, 0.05) is 44.4 Å². The van der Waals surface area contributed by atoms with E-state index in [-0.39, 0.29) is 11.8 Å². The molecule has 0 aliphatic carbocycles. The van der Waals surface area contributed by atoms with Gasteiger partial charge in [-0.3, -0.25) is 9.59 Å². The average molecular weight is 332 g/mol. The lowest BCUT2D eigenvalue weighted by Crippen LogP contribution is -2.48. The third-order valence-corrected chi connectivity index (χ3v) is 4.89. The van der Waals surface area contributed by atoms with Gasteiger partial charge in [-0.25, -0.2) is 0 Å². The van der Waals surface area contributed by atoms with Crippen LogP contribution in [-0.2, 0) is 9.53 Å². The Morgan fingerprint density at radius 3 is 2.42 bits per heavy atom. The van der Waals surface area contributed by atoms with Crippen molar-refractivity contribution < 1.29 is 19.4 Å². The minimum Gasteiger partial charge on any atom is -0.387 e. The fourth-order valence-corrected chi connectivity index (χ4v) is 3.43. The summed E-state index contributed by atoms with van der Waals surface area (Å²) in [6.45, 7) is 2.08. The molecule has 1 N–H and O–H groups in total. The van der Waals surface area contributed by atoms with Crippen molar-refractivity contribution in [1.82, 2.24) is 4.90 Å². The van der Waals surface area contributed by atoms with Crippen LogP contribution in [0.1, 0.15) is 36.0 Å². The van der Waals surface area contributed by atoms with Gasteiger partial charge in [0.1, 0.15) is 0 Å². The SMILES string of the molecule is COCC1(O)CCN(C(=O)c2ccc(N3CCCC3=O)cc2)CC1. The Kier molecular flexibility index (Phi) is 4.87. The molecule has 2 aliphatic rings. The number of carbonyl (C=O) groups is 2. The van der Waals surface area contributed by atoms with E-state index < -0.39 is 5.60 Å². The van der Waals surface area contributed by atoms with Crippen molar-refractivity contribution in [2.45, 2.75) is 31.3 Å². The highest BCUT2D eigenvalue weighted by atomic mass is 16.5. The number of methoxy groups -OCH3 is 1. The van der Waals surface area contributed by atoms with Gasteiger partial charge in [0.05, 0.1) is 12.2 Å². The molecule has 2 fully saturated rings. The van der Waals surface area contributed by atoms with Gasteiger partial charge in [-0.2, -0.15) is 0 Å². The van der Waals surface area contributed by atoms with Crippen molar-refractivity contribution in [3.05, 3.63) is 29.8 Å². The fraction of sp³-hybridized carbons (Fsp3) is 0.556. The molecule has 0 aromatic heterocycles. The zero-order valence-electron chi connectivity index (χ0n) is 14.0. The van der Waals surface area contributed by atoms with E-state index in [0.717, 1.165) is 18.7 Å². The molecule has 0 unspecified atom stereocenters. The molecule has 1 aromatic carbocycles. The lowest BCUT2D eigenvalue weighted by atomic mass is 9.92. The molecule has 0 saturated carbocycles. The Labute approximate surface area is 142 Å². The predicted octanol–water partition coefficient (Wildman–Crippen LogP) is 1.43. The third-order valence-electron chi connectivity index (χ3n) is 4.89. The zero-order chi connectivity index (χ0) is 17.2. The minimum absolute atomic E-state index is 0.0336. The Balaban J connectivity index is 1.62. The number of aliphatic hydroxyl groups is 1. The average Bonchev–Trinajstić information content (AvgIpc) is 3.01. The first-order valence-electron chi connectivity index (χ1n) is 8.43. The molecule has 1 aromatic rings. The maximum atomic E-state index is 12.6. The topological polar surface area (TPSA) is 70.1 Å². The van der Waals surface area contributed by atoms with E-state index >= 15 is 0 Å². The number of nitrogens with zero attached hydrogens (tertiary/aromatic N) is 2. The molecule has 130 valence electrons. The number of anilines is 1. The van der Waals surface area contributed by atoms with E-state index in [1.54, 1.807) is 29.0 Å². The smallest absolute Gasteiger partial charge is 0.253 e. The van der Waals surface area contributed by atoms with E-state index in [1.165, 1.54) is 0 Å². The summed E-state index contributed by atoms with van der Waals surface area (Å²) >= 11 is 0. The van der Waals surface area contributed by atoms with Crippen LogP contribution in [0.2, 0.25) is 0 Å². The number of benzene rings is 1. The Morgan fingerprint density at radius 1 is 1.21 bits per heavy atom. The van der Waals surface area contributed by atoms with E-state index in [2.05, 4.69) is 0 Å². The van der Waals surface area contributed by atoms with Gasteiger partial charge in [0.15, 0.2) is 0 Å². The molecule has 24 heavy (non-hydrogen) atoms. The quantitative estimate of drug-likeness (QED) is 0.905. The van der Waals surface area contributed by atoms with Gasteiger partial charge >= 0.3 is 0 Å². The maximum absolute atomic E-state index is 12.6. The summed E-state index contributed by atoms with van der Waals surface area (Å²) in [5.41, 5.74) is 0.635. The van der Waals surface area contributed by atoms with Crippen molar-refractivity contribution in [3.8, 4) is 0 Å². The van der Waals surface area contributed by atoms with Crippen LogP contribution in [-0.4, -0.2) is 60.8 Å². The monoisotopic (exact) mass is 332 g/mol. The molecule has 6 heteroatoms. The molecular weight excluding hydrogens is 308 g/mol. The van der Waals surface area contributed by atoms with Crippen LogP contribution in [0, 0.1) is 0 Å². The summed E-state index contributed by atoms with van der Waals surface area (Å²) in [5.74, 6) is 0.108. The van der Waals surface area contributed by atoms with Crippen molar-refractivity contribution in [2.75, 3.05) is 38.3 Å². The Hall–Kier alpha value is -1.92. The molecular formula is C18H24N2O4. The predicted molar refractivity (Wildman–Crippen MR) is 90.0 cm³/mol. The van der Waals surface area contributed by atoms with Gasteiger partial charge in [0.25, 0.3) is 5.91 Å². The van der Waals surface area contributed by atoms with E-state index in [4.69, 9.17) is 4.74 Å². The first-order valence-corrected chi connectivity index (χ1v) is 8.43. The summed E-state index contributed by atoms with van der Waals surface area (Å²) in [6, 6.07) is 7.22. The Morgan fingerprint density at radius 2 is 1.88 bits per heavy atom. The largest absolute Gasteiger partial charge is 0.387 e. The Bertz CT molecular complexity index is 606. The number of piperidine rings is 1. The number of hydrogen-bond donors (Lipinski definition) is 1. The summed E-state index contributed by atoms with van der Waals surface area (Å²) in [6.07, 6.45) is 2.52. The standard InChI is InChI=1S/C18H24N2O4/c1-24-13-18(23)8-11-19(12-9-18)17(22)14-4-6-15(7-5-14)20-10-2-3-16(20)21/h4-7,23H,2-3,8-13H2,1H3. The van der Waals surface area contributed by atoms with Crippen molar-refractivity contribution in [3.63, 3.8) is 0 Å². The highest BCUT2D eigenvalue weighted by molar-refractivity contribution is 5.97. The first kappa shape index (κ1) is 16.9. The van der Waals surface area contributed by atoms with Crippen LogP contribution < -0.4 is 4.90 Å². The zero-order valence-corrected chi connectivity index (χ0v) is 14.0. The van der Waals surface area contributed by atoms with Gasteiger partial charge in [-0.15, -0.1) is 0 Å². The molecule has 2 saturated heterocycles. The molecule has 6 nitrogen and oxygen atoms in total. The van der Waals surface area contributed by atoms with E-state index in [1.807, 2.05) is 12.1 Å². The second-order valence-corrected chi connectivity index (χ2v) is 6.65. The van der Waals surface area contributed by atoms with Gasteiger partial charge in [-0.05, 0) is 43.5 Å².